The van der Waals surface area contributed by atoms with E-state index in [4.69, 9.17) is 9.47 Å². The van der Waals surface area contributed by atoms with Gasteiger partial charge in [0.25, 0.3) is 0 Å². The smallest absolute Gasteiger partial charge is 0.305 e. The van der Waals surface area contributed by atoms with Crippen molar-refractivity contribution in [3.63, 3.8) is 0 Å². The molecular weight excluding hydrogens is 556 g/mol. The van der Waals surface area contributed by atoms with E-state index in [0.717, 1.165) is 73.3 Å². The number of ether oxygens (including phenoxy) is 2. The van der Waals surface area contributed by atoms with E-state index in [1.165, 1.54) is 82.6 Å². The molecule has 0 saturated carbocycles. The van der Waals surface area contributed by atoms with Crippen LogP contribution in [0.3, 0.4) is 0 Å². The molecule has 0 saturated heterocycles. The van der Waals surface area contributed by atoms with E-state index in [9.17, 15) is 9.90 Å². The average molecular weight is 621 g/mol. The predicted molar refractivity (Wildman–Crippen MR) is 191 cm³/mol. The van der Waals surface area contributed by atoms with Crippen molar-refractivity contribution in [3.05, 3.63) is 47.0 Å². The Morgan fingerprint density at radius 1 is 0.778 bits per heavy atom. The SMILES string of the molecule is CCCCCCCCCCCCCC(C)CCCC(=O)OCCCCCOC1C(CCCC)=Cc2c(O)cc3ccccc3c21. The number of esters is 1. The second kappa shape index (κ2) is 22.2. The van der Waals surface area contributed by atoms with Gasteiger partial charge in [-0.25, -0.2) is 0 Å². The van der Waals surface area contributed by atoms with Crippen LogP contribution in [0.15, 0.2) is 35.9 Å². The Labute approximate surface area is 275 Å². The number of phenolic OH excluding ortho intramolecular Hbond substituents is 1. The molecule has 4 heteroatoms. The van der Waals surface area contributed by atoms with Crippen LogP contribution >= 0.6 is 0 Å². The van der Waals surface area contributed by atoms with Crippen molar-refractivity contribution >= 4 is 22.8 Å². The molecule has 252 valence electrons. The molecule has 2 unspecified atom stereocenters. The molecule has 0 heterocycles. The van der Waals surface area contributed by atoms with Crippen LogP contribution < -0.4 is 0 Å². The highest BCUT2D eigenvalue weighted by atomic mass is 16.5. The fraction of sp³-hybridized carbons (Fsp3) is 0.683. The van der Waals surface area contributed by atoms with Gasteiger partial charge in [-0.1, -0.05) is 135 Å². The summed E-state index contributed by atoms with van der Waals surface area (Å²) in [5, 5.41) is 12.9. The number of carbonyl (C=O) groups excluding carboxylic acids is 1. The highest BCUT2D eigenvalue weighted by Gasteiger charge is 2.29. The van der Waals surface area contributed by atoms with E-state index in [1.54, 1.807) is 0 Å². The molecule has 2 aromatic carbocycles. The lowest BCUT2D eigenvalue weighted by Crippen LogP contribution is -2.08. The van der Waals surface area contributed by atoms with Gasteiger partial charge < -0.3 is 14.6 Å². The summed E-state index contributed by atoms with van der Waals surface area (Å²) in [6, 6.07) is 10.1. The molecule has 0 bridgehead atoms. The zero-order chi connectivity index (χ0) is 32.1. The van der Waals surface area contributed by atoms with Gasteiger partial charge in [0.1, 0.15) is 11.9 Å². The summed E-state index contributed by atoms with van der Waals surface area (Å²) in [5.41, 5.74) is 3.29. The van der Waals surface area contributed by atoms with Gasteiger partial charge >= 0.3 is 5.97 Å². The number of unbranched alkanes of at least 4 members (excludes halogenated alkanes) is 13. The zero-order valence-electron chi connectivity index (χ0n) is 29.1. The summed E-state index contributed by atoms with van der Waals surface area (Å²) in [5.74, 6) is 0.986. The molecule has 3 rings (SSSR count). The molecule has 0 aromatic heterocycles. The van der Waals surface area contributed by atoms with E-state index in [1.807, 2.05) is 12.1 Å². The Balaban J connectivity index is 1.21. The maximum atomic E-state index is 12.2. The fourth-order valence-corrected chi connectivity index (χ4v) is 6.77. The van der Waals surface area contributed by atoms with Crippen molar-refractivity contribution < 1.29 is 19.4 Å². The van der Waals surface area contributed by atoms with Gasteiger partial charge in [-0.05, 0) is 72.9 Å². The summed E-state index contributed by atoms with van der Waals surface area (Å²) in [4.78, 5) is 12.2. The lowest BCUT2D eigenvalue weighted by molar-refractivity contribution is -0.143. The molecule has 1 aliphatic rings. The maximum Gasteiger partial charge on any atom is 0.305 e. The van der Waals surface area contributed by atoms with Gasteiger partial charge in [-0.3, -0.25) is 4.79 Å². The molecule has 2 atom stereocenters. The first-order chi connectivity index (χ1) is 22.0. The van der Waals surface area contributed by atoms with E-state index in [2.05, 4.69) is 45.0 Å². The molecule has 45 heavy (non-hydrogen) atoms. The van der Waals surface area contributed by atoms with Crippen LogP contribution in [0.1, 0.15) is 173 Å². The van der Waals surface area contributed by atoms with Crippen molar-refractivity contribution in [2.45, 2.75) is 162 Å². The van der Waals surface area contributed by atoms with Crippen LogP contribution in [0.4, 0.5) is 0 Å². The minimum absolute atomic E-state index is 0.0481. The number of phenols is 1. The topological polar surface area (TPSA) is 55.8 Å². The van der Waals surface area contributed by atoms with Crippen LogP contribution in [-0.4, -0.2) is 24.3 Å². The number of carbonyl (C=O) groups is 1. The van der Waals surface area contributed by atoms with E-state index < -0.39 is 0 Å². The fourth-order valence-electron chi connectivity index (χ4n) is 6.77. The van der Waals surface area contributed by atoms with Crippen LogP contribution in [0.5, 0.6) is 5.75 Å². The quantitative estimate of drug-likeness (QED) is 0.0839. The molecule has 1 aliphatic carbocycles. The van der Waals surface area contributed by atoms with Gasteiger partial charge in [0.15, 0.2) is 0 Å². The molecule has 1 N–H and O–H groups in total. The lowest BCUT2D eigenvalue weighted by atomic mass is 9.96. The summed E-state index contributed by atoms with van der Waals surface area (Å²) in [6.45, 7) is 7.98. The third-order valence-corrected chi connectivity index (χ3v) is 9.57. The Morgan fingerprint density at radius 2 is 1.40 bits per heavy atom. The van der Waals surface area contributed by atoms with Gasteiger partial charge in [0.05, 0.1) is 6.61 Å². The standard InChI is InChI=1S/C41H64O4/c1-4-6-8-9-10-11-12-13-14-15-17-23-33(3)24-22-28-39(43)44-29-20-16-21-30-45-41-35(25-7-5-2)31-37-38(42)32-34-26-18-19-27-36(34)40(37)41/h18-19,26-27,31-33,41-42H,4-17,20-25,28-30H2,1-3H3. The zero-order valence-corrected chi connectivity index (χ0v) is 29.1. The summed E-state index contributed by atoms with van der Waals surface area (Å²) >= 11 is 0. The third-order valence-electron chi connectivity index (χ3n) is 9.57. The number of hydrogen-bond acceptors (Lipinski definition) is 4. The molecule has 0 aliphatic heterocycles. The monoisotopic (exact) mass is 620 g/mol. The third kappa shape index (κ3) is 13.5. The number of hydrogen-bond donors (Lipinski definition) is 1. The van der Waals surface area contributed by atoms with Gasteiger partial charge in [-0.2, -0.15) is 0 Å². The first-order valence-corrected chi connectivity index (χ1v) is 18.8. The summed E-state index contributed by atoms with van der Waals surface area (Å²) < 4.78 is 12.0. The molecule has 2 aromatic rings. The Morgan fingerprint density at radius 3 is 2.13 bits per heavy atom. The highest BCUT2D eigenvalue weighted by Crippen LogP contribution is 2.46. The number of aromatic hydroxyl groups is 1. The first-order valence-electron chi connectivity index (χ1n) is 18.8. The predicted octanol–water partition coefficient (Wildman–Crippen LogP) is 12.4. The number of benzene rings is 2. The van der Waals surface area contributed by atoms with Gasteiger partial charge in [0.2, 0.25) is 0 Å². The Kier molecular flexibility index (Phi) is 18.4. The molecular formula is C41H64O4. The second-order valence-corrected chi connectivity index (χ2v) is 13.6. The van der Waals surface area contributed by atoms with Crippen molar-refractivity contribution in [2.24, 2.45) is 5.92 Å². The van der Waals surface area contributed by atoms with Crippen molar-refractivity contribution in [2.75, 3.05) is 13.2 Å². The Hall–Kier alpha value is -2.33. The second-order valence-electron chi connectivity index (χ2n) is 13.6. The van der Waals surface area contributed by atoms with Crippen LogP contribution in [0, 0.1) is 5.92 Å². The summed E-state index contributed by atoms with van der Waals surface area (Å²) in [6.07, 6.45) is 27.2. The summed E-state index contributed by atoms with van der Waals surface area (Å²) in [7, 11) is 0. The van der Waals surface area contributed by atoms with Crippen molar-refractivity contribution in [1.29, 1.82) is 0 Å². The van der Waals surface area contributed by atoms with E-state index in [-0.39, 0.29) is 12.1 Å². The lowest BCUT2D eigenvalue weighted by Gasteiger charge is -2.20. The minimum Gasteiger partial charge on any atom is -0.507 e. The van der Waals surface area contributed by atoms with E-state index >= 15 is 0 Å². The Bertz CT molecular complexity index is 1140. The molecule has 0 amide bonds. The van der Waals surface area contributed by atoms with Crippen molar-refractivity contribution in [1.82, 2.24) is 0 Å². The largest absolute Gasteiger partial charge is 0.507 e. The van der Waals surface area contributed by atoms with Crippen molar-refractivity contribution in [3.8, 4) is 5.75 Å². The first kappa shape index (κ1) is 37.1. The maximum absolute atomic E-state index is 12.2. The van der Waals surface area contributed by atoms with Crippen LogP contribution in [0.2, 0.25) is 0 Å². The van der Waals surface area contributed by atoms with Crippen LogP contribution in [0.25, 0.3) is 16.8 Å². The van der Waals surface area contributed by atoms with Crippen LogP contribution in [-0.2, 0) is 14.3 Å². The minimum atomic E-state index is -0.0984. The number of rotatable bonds is 26. The molecule has 0 fully saturated rings. The molecule has 0 radical (unpaired) electrons. The van der Waals surface area contributed by atoms with Gasteiger partial charge in [0, 0.05) is 24.2 Å². The highest BCUT2D eigenvalue weighted by molar-refractivity contribution is 5.94. The number of fused-ring (bicyclic) bond motifs is 3. The molecule has 4 nitrogen and oxygen atoms in total. The average Bonchev–Trinajstić information content (AvgIpc) is 3.41. The normalized spacial score (nSPS) is 14.9. The van der Waals surface area contributed by atoms with E-state index in [0.29, 0.717) is 31.3 Å². The van der Waals surface area contributed by atoms with Gasteiger partial charge in [-0.15, -0.1) is 0 Å². The molecule has 0 spiro atoms.